The monoisotopic (exact) mass is 330 g/mol. The molecular weight excluding hydrogens is 315 g/mol. The molecule has 0 aromatic heterocycles. The number of ketones is 1. The van der Waals surface area contributed by atoms with Crippen molar-refractivity contribution >= 4 is 17.2 Å². The van der Waals surface area contributed by atoms with E-state index >= 15 is 0 Å². The van der Waals surface area contributed by atoms with Gasteiger partial charge in [0.15, 0.2) is 5.78 Å². The van der Waals surface area contributed by atoms with Gasteiger partial charge in [0, 0.05) is 17.8 Å². The summed E-state index contributed by atoms with van der Waals surface area (Å²) in [4.78, 5) is 22.5. The van der Waals surface area contributed by atoms with Gasteiger partial charge in [0.2, 0.25) is 0 Å². The van der Waals surface area contributed by atoms with E-state index in [1.54, 1.807) is 13.0 Å². The Kier molecular flexibility index (Phi) is 5.62. The van der Waals surface area contributed by atoms with Crippen LogP contribution in [0, 0.1) is 15.9 Å². The molecule has 124 valence electrons. The summed E-state index contributed by atoms with van der Waals surface area (Å²) in [5.41, 5.74) is 0.377. The summed E-state index contributed by atoms with van der Waals surface area (Å²) in [6.07, 6.45) is 2.52. The number of nitrogens with one attached hydrogen (secondary N) is 1. The van der Waals surface area contributed by atoms with E-state index in [1.807, 2.05) is 0 Å². The molecule has 2 aromatic rings. The van der Waals surface area contributed by atoms with Crippen molar-refractivity contribution in [1.29, 1.82) is 0 Å². The molecular formula is C17H15FN2O4. The molecule has 0 saturated heterocycles. The average molecular weight is 330 g/mol. The van der Waals surface area contributed by atoms with Gasteiger partial charge in [0.25, 0.3) is 5.69 Å². The maximum absolute atomic E-state index is 12.8. The number of nitro benzene ring substituents is 1. The number of hydrogen-bond donors (Lipinski definition) is 1. The second kappa shape index (κ2) is 7.87. The summed E-state index contributed by atoms with van der Waals surface area (Å²) in [5, 5.41) is 13.8. The number of halogens is 1. The normalized spacial score (nSPS) is 10.6. The molecule has 0 amide bonds. The Morgan fingerprint density at radius 1 is 1.29 bits per heavy atom. The molecule has 0 radical (unpaired) electrons. The number of allylic oxidation sites excluding steroid dienone is 1. The fraction of sp³-hybridized carbons (Fsp3) is 0.118. The van der Waals surface area contributed by atoms with Gasteiger partial charge in [-0.25, -0.2) is 4.39 Å². The van der Waals surface area contributed by atoms with Crippen LogP contribution in [0.5, 0.6) is 5.75 Å². The van der Waals surface area contributed by atoms with Gasteiger partial charge in [0.05, 0.1) is 17.6 Å². The standard InChI is InChI=1S/C17H15FN2O4/c1-2-24-14-7-8-15(16(11-14)20(22)23)19-10-9-17(21)12-3-5-13(18)6-4-12/h3-11,19H,2H2,1H3/b10-9-. The summed E-state index contributed by atoms with van der Waals surface area (Å²) in [5.74, 6) is -0.393. The van der Waals surface area contributed by atoms with Crippen molar-refractivity contribution in [3.05, 3.63) is 76.2 Å². The first-order valence-electron chi connectivity index (χ1n) is 7.15. The first-order chi connectivity index (χ1) is 11.5. The van der Waals surface area contributed by atoms with Gasteiger partial charge in [-0.05, 0) is 43.3 Å². The highest BCUT2D eigenvalue weighted by Crippen LogP contribution is 2.29. The maximum atomic E-state index is 12.8. The Morgan fingerprint density at radius 3 is 2.62 bits per heavy atom. The zero-order chi connectivity index (χ0) is 17.5. The number of rotatable bonds is 7. The second-order valence-electron chi connectivity index (χ2n) is 4.72. The van der Waals surface area contributed by atoms with Crippen molar-refractivity contribution in [2.24, 2.45) is 0 Å². The predicted molar refractivity (Wildman–Crippen MR) is 87.8 cm³/mol. The number of carbonyl (C=O) groups excluding carboxylic acids is 1. The van der Waals surface area contributed by atoms with Crippen LogP contribution in [0.25, 0.3) is 0 Å². The number of benzene rings is 2. The lowest BCUT2D eigenvalue weighted by Crippen LogP contribution is -2.00. The van der Waals surface area contributed by atoms with Crippen LogP contribution in [0.2, 0.25) is 0 Å². The molecule has 2 rings (SSSR count). The molecule has 0 heterocycles. The molecule has 0 aliphatic rings. The van der Waals surface area contributed by atoms with Crippen molar-refractivity contribution in [3.8, 4) is 5.75 Å². The Morgan fingerprint density at radius 2 is 2.00 bits per heavy atom. The van der Waals surface area contributed by atoms with E-state index in [4.69, 9.17) is 4.74 Å². The third-order valence-corrected chi connectivity index (χ3v) is 3.08. The van der Waals surface area contributed by atoms with Crippen LogP contribution in [0.4, 0.5) is 15.8 Å². The van der Waals surface area contributed by atoms with E-state index < -0.39 is 10.7 Å². The number of anilines is 1. The Bertz CT molecular complexity index is 773. The van der Waals surface area contributed by atoms with Crippen LogP contribution in [0.1, 0.15) is 17.3 Å². The fourth-order valence-corrected chi connectivity index (χ4v) is 1.96. The Labute approximate surface area is 137 Å². The minimum Gasteiger partial charge on any atom is -0.494 e. The Balaban J connectivity index is 2.11. The molecule has 0 spiro atoms. The van der Waals surface area contributed by atoms with Crippen LogP contribution in [-0.2, 0) is 0 Å². The quantitative estimate of drug-likeness (QED) is 0.360. The molecule has 6 nitrogen and oxygen atoms in total. The first kappa shape index (κ1) is 17.1. The zero-order valence-electron chi connectivity index (χ0n) is 12.9. The number of ether oxygens (including phenoxy) is 1. The SMILES string of the molecule is CCOc1ccc(N/C=C\C(=O)c2ccc(F)cc2)c([N+](=O)[O-])c1. The van der Waals surface area contributed by atoms with E-state index in [1.165, 1.54) is 48.7 Å². The smallest absolute Gasteiger partial charge is 0.296 e. The molecule has 0 saturated carbocycles. The van der Waals surface area contributed by atoms with Gasteiger partial charge < -0.3 is 10.1 Å². The molecule has 0 unspecified atom stereocenters. The first-order valence-corrected chi connectivity index (χ1v) is 7.15. The number of nitrogens with zero attached hydrogens (tertiary/aromatic N) is 1. The average Bonchev–Trinajstić information content (AvgIpc) is 2.56. The van der Waals surface area contributed by atoms with Crippen LogP contribution in [0.3, 0.4) is 0 Å². The molecule has 0 aliphatic heterocycles. The minimum absolute atomic E-state index is 0.167. The predicted octanol–water partition coefficient (Wildman–Crippen LogP) is 3.94. The van der Waals surface area contributed by atoms with Crippen molar-refractivity contribution in [2.75, 3.05) is 11.9 Å². The molecule has 2 aromatic carbocycles. The number of hydrogen-bond acceptors (Lipinski definition) is 5. The largest absolute Gasteiger partial charge is 0.494 e. The van der Waals surface area contributed by atoms with Crippen LogP contribution in [0.15, 0.2) is 54.7 Å². The highest BCUT2D eigenvalue weighted by Gasteiger charge is 2.14. The summed E-state index contributed by atoms with van der Waals surface area (Å²) in [6, 6.07) is 9.49. The van der Waals surface area contributed by atoms with Gasteiger partial charge in [-0.2, -0.15) is 0 Å². The topological polar surface area (TPSA) is 81.5 Å². The third-order valence-electron chi connectivity index (χ3n) is 3.08. The summed E-state index contributed by atoms with van der Waals surface area (Å²) in [6.45, 7) is 2.18. The summed E-state index contributed by atoms with van der Waals surface area (Å²) < 4.78 is 18.0. The van der Waals surface area contributed by atoms with Crippen molar-refractivity contribution in [3.63, 3.8) is 0 Å². The van der Waals surface area contributed by atoms with Gasteiger partial charge in [-0.3, -0.25) is 14.9 Å². The molecule has 1 N–H and O–H groups in total. The Hall–Kier alpha value is -3.22. The zero-order valence-corrected chi connectivity index (χ0v) is 12.9. The minimum atomic E-state index is -0.541. The molecule has 0 aliphatic carbocycles. The van der Waals surface area contributed by atoms with Gasteiger partial charge >= 0.3 is 0 Å². The lowest BCUT2D eigenvalue weighted by atomic mass is 10.1. The van der Waals surface area contributed by atoms with E-state index in [9.17, 15) is 19.3 Å². The molecule has 0 atom stereocenters. The maximum Gasteiger partial charge on any atom is 0.296 e. The molecule has 7 heteroatoms. The van der Waals surface area contributed by atoms with E-state index in [-0.39, 0.29) is 17.2 Å². The van der Waals surface area contributed by atoms with Crippen molar-refractivity contribution < 1.29 is 18.8 Å². The van der Waals surface area contributed by atoms with Crippen LogP contribution in [-0.4, -0.2) is 17.3 Å². The number of carbonyl (C=O) groups is 1. The molecule has 24 heavy (non-hydrogen) atoms. The van der Waals surface area contributed by atoms with Crippen molar-refractivity contribution in [1.82, 2.24) is 0 Å². The highest BCUT2D eigenvalue weighted by molar-refractivity contribution is 6.04. The van der Waals surface area contributed by atoms with Crippen LogP contribution >= 0.6 is 0 Å². The lowest BCUT2D eigenvalue weighted by Gasteiger charge is -2.06. The summed E-state index contributed by atoms with van der Waals surface area (Å²) in [7, 11) is 0. The molecule has 0 fully saturated rings. The van der Waals surface area contributed by atoms with Gasteiger partial charge in [-0.15, -0.1) is 0 Å². The van der Waals surface area contributed by atoms with Crippen LogP contribution < -0.4 is 10.1 Å². The van der Waals surface area contributed by atoms with Gasteiger partial charge in [0.1, 0.15) is 17.3 Å². The number of nitro groups is 1. The van der Waals surface area contributed by atoms with E-state index in [2.05, 4.69) is 5.32 Å². The van der Waals surface area contributed by atoms with E-state index in [0.717, 1.165) is 0 Å². The second-order valence-corrected chi connectivity index (χ2v) is 4.72. The fourth-order valence-electron chi connectivity index (χ4n) is 1.96. The third kappa shape index (κ3) is 4.39. The highest BCUT2D eigenvalue weighted by atomic mass is 19.1. The lowest BCUT2D eigenvalue weighted by molar-refractivity contribution is -0.384. The van der Waals surface area contributed by atoms with E-state index in [0.29, 0.717) is 17.9 Å². The van der Waals surface area contributed by atoms with Crippen molar-refractivity contribution in [2.45, 2.75) is 6.92 Å². The summed E-state index contributed by atoms with van der Waals surface area (Å²) >= 11 is 0. The molecule has 0 bridgehead atoms. The van der Waals surface area contributed by atoms with Gasteiger partial charge in [-0.1, -0.05) is 0 Å².